The van der Waals surface area contributed by atoms with Gasteiger partial charge >= 0.3 is 5.97 Å². The number of hydrogen-bond donors (Lipinski definition) is 1. The van der Waals surface area contributed by atoms with Crippen LogP contribution >= 0.6 is 11.9 Å². The van der Waals surface area contributed by atoms with Crippen LogP contribution < -0.4 is 9.62 Å². The van der Waals surface area contributed by atoms with E-state index in [0.29, 0.717) is 0 Å². The largest absolute Gasteiger partial charge is 0.466 e. The quantitative estimate of drug-likeness (QED) is 0.163. The van der Waals surface area contributed by atoms with Gasteiger partial charge in [-0.2, -0.15) is 0 Å². The first kappa shape index (κ1) is 24.2. The smallest absolute Gasteiger partial charge is 0.330 e. The van der Waals surface area contributed by atoms with Crippen LogP contribution in [0, 0.1) is 18.8 Å². The summed E-state index contributed by atoms with van der Waals surface area (Å²) in [5.74, 6) is 6.02. The van der Waals surface area contributed by atoms with Gasteiger partial charge in [0.25, 0.3) is 0 Å². The SMILES string of the molecule is COC(=O)/C=C/c1ccc(C#Cc2ccc(N(C)CCNSc3ccc(C)cc3)cc2)cc1. The third-order valence-electron chi connectivity index (χ3n) is 4.94. The first-order valence-corrected chi connectivity index (χ1v) is 11.5. The van der Waals surface area contributed by atoms with Crippen molar-refractivity contribution in [3.8, 4) is 11.8 Å². The van der Waals surface area contributed by atoms with Crippen molar-refractivity contribution in [1.82, 2.24) is 4.72 Å². The van der Waals surface area contributed by atoms with Gasteiger partial charge in [0.2, 0.25) is 0 Å². The fraction of sp³-hybridized carbons (Fsp3) is 0.179. The Morgan fingerprint density at radius 3 is 2.18 bits per heavy atom. The van der Waals surface area contributed by atoms with Crippen molar-refractivity contribution in [2.75, 3.05) is 32.1 Å². The van der Waals surface area contributed by atoms with Crippen LogP contribution in [0.5, 0.6) is 0 Å². The van der Waals surface area contributed by atoms with Gasteiger partial charge in [-0.1, -0.05) is 41.7 Å². The lowest BCUT2D eigenvalue weighted by atomic mass is 10.1. The number of ether oxygens (including phenoxy) is 1. The van der Waals surface area contributed by atoms with E-state index in [0.717, 1.165) is 35.5 Å². The molecule has 0 saturated heterocycles. The summed E-state index contributed by atoms with van der Waals surface area (Å²) in [5.41, 5.74) is 5.24. The van der Waals surface area contributed by atoms with Crippen LogP contribution in [0.1, 0.15) is 22.3 Å². The van der Waals surface area contributed by atoms with E-state index in [1.807, 2.05) is 36.4 Å². The number of nitrogens with one attached hydrogen (secondary N) is 1. The maximum absolute atomic E-state index is 11.2. The van der Waals surface area contributed by atoms with E-state index in [2.05, 4.69) is 76.6 Å². The molecule has 0 aliphatic rings. The molecule has 0 bridgehead atoms. The minimum atomic E-state index is -0.370. The molecule has 0 atom stereocenters. The van der Waals surface area contributed by atoms with Gasteiger partial charge < -0.3 is 9.64 Å². The number of nitrogens with zero attached hydrogens (tertiary/aromatic N) is 1. The predicted molar refractivity (Wildman–Crippen MR) is 138 cm³/mol. The molecule has 0 spiro atoms. The lowest BCUT2D eigenvalue weighted by molar-refractivity contribution is -0.134. The lowest BCUT2D eigenvalue weighted by Crippen LogP contribution is -2.26. The van der Waals surface area contributed by atoms with Gasteiger partial charge in [-0.05, 0) is 79.0 Å². The molecular formula is C28H28N2O2S. The van der Waals surface area contributed by atoms with Crippen LogP contribution in [0.2, 0.25) is 0 Å². The summed E-state index contributed by atoms with van der Waals surface area (Å²) >= 11 is 1.66. The number of esters is 1. The molecule has 3 aromatic carbocycles. The van der Waals surface area contributed by atoms with Gasteiger partial charge in [0.15, 0.2) is 0 Å². The second-order valence-corrected chi connectivity index (χ2v) is 8.47. The monoisotopic (exact) mass is 456 g/mol. The number of carbonyl (C=O) groups excluding carboxylic acids is 1. The van der Waals surface area contributed by atoms with Gasteiger partial charge in [-0.3, -0.25) is 4.72 Å². The molecular weight excluding hydrogens is 428 g/mol. The van der Waals surface area contributed by atoms with E-state index < -0.39 is 0 Å². The summed E-state index contributed by atoms with van der Waals surface area (Å²) in [4.78, 5) is 14.6. The Morgan fingerprint density at radius 1 is 0.970 bits per heavy atom. The van der Waals surface area contributed by atoms with Crippen molar-refractivity contribution < 1.29 is 9.53 Å². The van der Waals surface area contributed by atoms with Gasteiger partial charge in [-0.25, -0.2) is 4.79 Å². The van der Waals surface area contributed by atoms with Crippen molar-refractivity contribution in [3.05, 3.63) is 101 Å². The Balaban J connectivity index is 1.47. The Labute approximate surface area is 200 Å². The summed E-state index contributed by atoms with van der Waals surface area (Å²) in [6.45, 7) is 3.88. The number of rotatable bonds is 8. The van der Waals surface area contributed by atoms with Crippen LogP contribution in [0.25, 0.3) is 6.08 Å². The Morgan fingerprint density at radius 2 is 1.58 bits per heavy atom. The normalized spacial score (nSPS) is 10.5. The first-order valence-electron chi connectivity index (χ1n) is 10.7. The zero-order valence-corrected chi connectivity index (χ0v) is 20.0. The summed E-state index contributed by atoms with van der Waals surface area (Å²) in [5, 5.41) is 0. The molecule has 0 unspecified atom stereocenters. The highest BCUT2D eigenvalue weighted by Gasteiger charge is 2.01. The molecule has 3 aromatic rings. The number of anilines is 1. The van der Waals surface area contributed by atoms with Gasteiger partial charge in [0.05, 0.1) is 7.11 Å². The molecule has 168 valence electrons. The highest BCUT2D eigenvalue weighted by atomic mass is 32.2. The second-order valence-electron chi connectivity index (χ2n) is 7.51. The van der Waals surface area contributed by atoms with E-state index in [-0.39, 0.29) is 5.97 Å². The predicted octanol–water partition coefficient (Wildman–Crippen LogP) is 5.31. The third-order valence-corrected chi connectivity index (χ3v) is 5.80. The van der Waals surface area contributed by atoms with Crippen molar-refractivity contribution in [2.24, 2.45) is 0 Å². The first-order chi connectivity index (χ1) is 16.0. The Hall–Kier alpha value is -3.46. The van der Waals surface area contributed by atoms with Gasteiger partial charge in [0.1, 0.15) is 0 Å². The maximum atomic E-state index is 11.2. The average molecular weight is 457 g/mol. The van der Waals surface area contributed by atoms with Crippen LogP contribution in [0.3, 0.4) is 0 Å². The molecule has 0 heterocycles. The Bertz CT molecular complexity index is 1130. The number of aryl methyl sites for hydroxylation is 1. The molecule has 4 nitrogen and oxygen atoms in total. The molecule has 0 amide bonds. The molecule has 0 aliphatic carbocycles. The van der Waals surface area contributed by atoms with Gasteiger partial charge in [0, 0.05) is 47.9 Å². The van der Waals surface area contributed by atoms with E-state index >= 15 is 0 Å². The maximum Gasteiger partial charge on any atom is 0.330 e. The van der Waals surface area contributed by atoms with Crippen LogP contribution in [0.4, 0.5) is 5.69 Å². The molecule has 0 saturated carbocycles. The highest BCUT2D eigenvalue weighted by Crippen LogP contribution is 2.16. The molecule has 0 aromatic heterocycles. The Kier molecular flexibility index (Phi) is 9.19. The summed E-state index contributed by atoms with van der Waals surface area (Å²) in [7, 11) is 3.45. The summed E-state index contributed by atoms with van der Waals surface area (Å²) < 4.78 is 8.01. The fourth-order valence-electron chi connectivity index (χ4n) is 2.94. The van der Waals surface area contributed by atoms with Crippen LogP contribution in [-0.4, -0.2) is 33.2 Å². The molecule has 5 heteroatoms. The topological polar surface area (TPSA) is 41.6 Å². The van der Waals surface area contributed by atoms with Crippen LogP contribution in [-0.2, 0) is 9.53 Å². The third kappa shape index (κ3) is 8.19. The van der Waals surface area contributed by atoms with Crippen molar-refractivity contribution in [1.29, 1.82) is 0 Å². The number of methoxy groups -OCH3 is 1. The standard InChI is InChI=1S/C28H28N2O2S/c1-22-4-17-27(18-5-22)33-29-20-21-30(2)26-15-12-25(13-16-26)11-8-23-6-9-24(10-7-23)14-19-28(31)32-3/h4-7,9-10,12-19,29H,20-21H2,1-3H3/b19-14+. The molecule has 0 radical (unpaired) electrons. The van der Waals surface area contributed by atoms with Gasteiger partial charge in [-0.15, -0.1) is 0 Å². The molecule has 0 fully saturated rings. The highest BCUT2D eigenvalue weighted by molar-refractivity contribution is 7.97. The molecule has 3 rings (SSSR count). The summed E-state index contributed by atoms with van der Waals surface area (Å²) in [6.07, 6.45) is 3.12. The molecule has 1 N–H and O–H groups in total. The zero-order chi connectivity index (χ0) is 23.5. The average Bonchev–Trinajstić information content (AvgIpc) is 2.85. The van der Waals surface area contributed by atoms with E-state index in [4.69, 9.17) is 0 Å². The van der Waals surface area contributed by atoms with E-state index in [1.165, 1.54) is 23.6 Å². The minimum Gasteiger partial charge on any atom is -0.466 e. The fourth-order valence-corrected chi connectivity index (χ4v) is 3.57. The second kappa shape index (κ2) is 12.5. The summed E-state index contributed by atoms with van der Waals surface area (Å²) in [6, 6.07) is 24.5. The molecule has 33 heavy (non-hydrogen) atoms. The zero-order valence-electron chi connectivity index (χ0n) is 19.2. The number of benzene rings is 3. The number of likely N-dealkylation sites (N-methyl/N-ethyl adjacent to an activating group) is 1. The van der Waals surface area contributed by atoms with E-state index in [1.54, 1.807) is 18.0 Å². The van der Waals surface area contributed by atoms with Crippen molar-refractivity contribution in [3.63, 3.8) is 0 Å². The molecule has 0 aliphatic heterocycles. The minimum absolute atomic E-state index is 0.370. The van der Waals surface area contributed by atoms with Crippen molar-refractivity contribution >= 4 is 29.7 Å². The van der Waals surface area contributed by atoms with Crippen LogP contribution in [0.15, 0.2) is 83.8 Å². The number of carbonyl (C=O) groups is 1. The van der Waals surface area contributed by atoms with E-state index in [9.17, 15) is 4.79 Å². The van der Waals surface area contributed by atoms with Crippen molar-refractivity contribution in [2.45, 2.75) is 11.8 Å². The number of hydrogen-bond acceptors (Lipinski definition) is 5. The lowest BCUT2D eigenvalue weighted by Gasteiger charge is -2.19.